The summed E-state index contributed by atoms with van der Waals surface area (Å²) in [4.78, 5) is 12.5. The van der Waals surface area contributed by atoms with Crippen LogP contribution in [0.1, 0.15) is 35.3 Å². The maximum Gasteiger partial charge on any atom is 0.345 e. The van der Waals surface area contributed by atoms with Crippen molar-refractivity contribution < 1.29 is 28.5 Å². The van der Waals surface area contributed by atoms with Crippen LogP contribution in [0.2, 0.25) is 0 Å². The fourth-order valence-corrected chi connectivity index (χ4v) is 2.99. The van der Waals surface area contributed by atoms with E-state index in [-0.39, 0.29) is 0 Å². The second-order valence-electron chi connectivity index (χ2n) is 6.42. The Morgan fingerprint density at radius 3 is 2.31 bits per heavy atom. The molecule has 1 aliphatic rings. The van der Waals surface area contributed by atoms with Crippen LogP contribution in [0.15, 0.2) is 30.3 Å². The summed E-state index contributed by atoms with van der Waals surface area (Å²) in [5.74, 6) is 0.923. The molecule has 6 heteroatoms. The third-order valence-electron chi connectivity index (χ3n) is 4.13. The van der Waals surface area contributed by atoms with Gasteiger partial charge in [-0.2, -0.15) is 0 Å². The molecule has 0 saturated heterocycles. The molecule has 26 heavy (non-hydrogen) atoms. The van der Waals surface area contributed by atoms with Gasteiger partial charge in [-0.15, -0.1) is 0 Å². The van der Waals surface area contributed by atoms with E-state index in [1.165, 1.54) is 0 Å². The van der Waals surface area contributed by atoms with Gasteiger partial charge in [0, 0.05) is 19.9 Å². The van der Waals surface area contributed by atoms with Gasteiger partial charge in [-0.25, -0.2) is 4.79 Å². The third-order valence-corrected chi connectivity index (χ3v) is 4.13. The van der Waals surface area contributed by atoms with Crippen LogP contribution in [0.4, 0.5) is 0 Å². The highest BCUT2D eigenvalue weighted by Crippen LogP contribution is 2.38. The van der Waals surface area contributed by atoms with E-state index in [0.29, 0.717) is 35.0 Å². The zero-order valence-electron chi connectivity index (χ0n) is 15.5. The molecular weight excluding hydrogens is 336 g/mol. The number of benzene rings is 2. The lowest BCUT2D eigenvalue weighted by Gasteiger charge is -2.32. The number of carbonyl (C=O) groups excluding carboxylic acids is 1. The predicted molar refractivity (Wildman–Crippen MR) is 95.5 cm³/mol. The average Bonchev–Trinajstić information content (AvgIpc) is 2.59. The number of fused-ring (bicyclic) bond motifs is 1. The van der Waals surface area contributed by atoms with Gasteiger partial charge in [0.25, 0.3) is 0 Å². The predicted octanol–water partition coefficient (Wildman–Crippen LogP) is 3.59. The van der Waals surface area contributed by atoms with Crippen LogP contribution in [0.5, 0.6) is 23.0 Å². The molecule has 0 atom stereocenters. The van der Waals surface area contributed by atoms with Crippen molar-refractivity contribution in [2.24, 2.45) is 0 Å². The Labute approximate surface area is 152 Å². The van der Waals surface area contributed by atoms with Gasteiger partial charge in [-0.05, 0) is 35.7 Å². The highest BCUT2D eigenvalue weighted by molar-refractivity contribution is 5.95. The van der Waals surface area contributed by atoms with Crippen molar-refractivity contribution in [3.8, 4) is 23.0 Å². The first-order valence-electron chi connectivity index (χ1n) is 8.21. The Morgan fingerprint density at radius 2 is 1.65 bits per heavy atom. The third kappa shape index (κ3) is 3.40. The lowest BCUT2D eigenvalue weighted by molar-refractivity contribution is -0.127. The number of esters is 1. The van der Waals surface area contributed by atoms with Crippen LogP contribution in [-0.2, 0) is 11.2 Å². The molecule has 0 bridgehead atoms. The minimum Gasteiger partial charge on any atom is -0.497 e. The molecule has 2 aromatic rings. The fourth-order valence-electron chi connectivity index (χ4n) is 2.99. The highest BCUT2D eigenvalue weighted by atomic mass is 16.7. The lowest BCUT2D eigenvalue weighted by atomic mass is 9.97. The van der Waals surface area contributed by atoms with E-state index >= 15 is 0 Å². The van der Waals surface area contributed by atoms with E-state index in [2.05, 4.69) is 0 Å². The van der Waals surface area contributed by atoms with Gasteiger partial charge in [-0.1, -0.05) is 6.07 Å². The summed E-state index contributed by atoms with van der Waals surface area (Å²) in [5, 5.41) is 0. The van der Waals surface area contributed by atoms with E-state index < -0.39 is 11.8 Å². The normalized spacial score (nSPS) is 14.7. The Balaban J connectivity index is 2.04. The molecule has 1 heterocycles. The summed E-state index contributed by atoms with van der Waals surface area (Å²) in [6.07, 6.45) is 0.485. The maximum absolute atomic E-state index is 12.5. The Kier molecular flexibility index (Phi) is 4.68. The van der Waals surface area contributed by atoms with Crippen LogP contribution >= 0.6 is 0 Å². The molecule has 0 N–H and O–H groups in total. The summed E-state index contributed by atoms with van der Waals surface area (Å²) in [6.45, 7) is 3.39. The van der Waals surface area contributed by atoms with Gasteiger partial charge in [0.15, 0.2) is 11.5 Å². The minimum atomic E-state index is -1.02. The lowest BCUT2D eigenvalue weighted by Crippen LogP contribution is -2.39. The summed E-state index contributed by atoms with van der Waals surface area (Å²) in [7, 11) is 4.75. The summed E-state index contributed by atoms with van der Waals surface area (Å²) in [6, 6.07) is 9.16. The summed E-state index contributed by atoms with van der Waals surface area (Å²) < 4.78 is 27.2. The van der Waals surface area contributed by atoms with Gasteiger partial charge >= 0.3 is 5.97 Å². The van der Waals surface area contributed by atoms with Gasteiger partial charge in [0.2, 0.25) is 5.79 Å². The largest absolute Gasteiger partial charge is 0.497 e. The van der Waals surface area contributed by atoms with Crippen molar-refractivity contribution in [3.63, 3.8) is 0 Å². The van der Waals surface area contributed by atoms with E-state index in [4.69, 9.17) is 23.7 Å². The quantitative estimate of drug-likeness (QED) is 0.761. The second kappa shape index (κ2) is 6.78. The molecule has 0 fully saturated rings. The molecule has 138 valence electrons. The molecule has 0 saturated carbocycles. The van der Waals surface area contributed by atoms with Gasteiger partial charge in [-0.3, -0.25) is 0 Å². The molecule has 2 aromatic carbocycles. The van der Waals surface area contributed by atoms with E-state index in [1.807, 2.05) is 24.3 Å². The first-order chi connectivity index (χ1) is 12.4. The van der Waals surface area contributed by atoms with E-state index in [9.17, 15) is 4.79 Å². The topological polar surface area (TPSA) is 63.2 Å². The Bertz CT molecular complexity index is 840. The van der Waals surface area contributed by atoms with Crippen LogP contribution in [0.25, 0.3) is 0 Å². The van der Waals surface area contributed by atoms with E-state index in [0.717, 1.165) is 11.1 Å². The molecule has 3 rings (SSSR count). The Hall–Kier alpha value is -2.89. The maximum atomic E-state index is 12.5. The first-order valence-corrected chi connectivity index (χ1v) is 8.21. The van der Waals surface area contributed by atoms with Gasteiger partial charge < -0.3 is 23.7 Å². The number of cyclic esters (lactones) is 1. The van der Waals surface area contributed by atoms with Crippen LogP contribution < -0.4 is 18.9 Å². The second-order valence-corrected chi connectivity index (χ2v) is 6.42. The zero-order chi connectivity index (χ0) is 18.9. The molecular formula is C20H22O6. The summed E-state index contributed by atoms with van der Waals surface area (Å²) in [5.41, 5.74) is 2.13. The molecule has 0 radical (unpaired) electrons. The molecule has 0 aliphatic carbocycles. The Morgan fingerprint density at radius 1 is 0.923 bits per heavy atom. The van der Waals surface area contributed by atoms with Crippen molar-refractivity contribution in [1.29, 1.82) is 0 Å². The molecule has 0 amide bonds. The van der Waals surface area contributed by atoms with Crippen molar-refractivity contribution in [2.45, 2.75) is 26.1 Å². The molecule has 6 nitrogen and oxygen atoms in total. The van der Waals surface area contributed by atoms with Crippen LogP contribution in [0.3, 0.4) is 0 Å². The van der Waals surface area contributed by atoms with Gasteiger partial charge in [0.05, 0.1) is 21.3 Å². The van der Waals surface area contributed by atoms with Crippen LogP contribution in [0, 0.1) is 0 Å². The van der Waals surface area contributed by atoms with Crippen molar-refractivity contribution in [1.82, 2.24) is 0 Å². The monoisotopic (exact) mass is 358 g/mol. The summed E-state index contributed by atoms with van der Waals surface area (Å²) >= 11 is 0. The molecule has 1 aliphatic heterocycles. The van der Waals surface area contributed by atoms with Gasteiger partial charge in [0.1, 0.15) is 17.1 Å². The number of ether oxygens (including phenoxy) is 5. The average molecular weight is 358 g/mol. The number of carbonyl (C=O) groups is 1. The molecule has 0 unspecified atom stereocenters. The number of hydrogen-bond donors (Lipinski definition) is 0. The minimum absolute atomic E-state index is 0.408. The SMILES string of the molecule is COc1cc(Cc2ccc(OC)c(OC)c2)c2c(c1)OC(C)(C)OC2=O. The zero-order valence-corrected chi connectivity index (χ0v) is 15.5. The van der Waals surface area contributed by atoms with Crippen molar-refractivity contribution >= 4 is 5.97 Å². The van der Waals surface area contributed by atoms with Crippen molar-refractivity contribution in [3.05, 3.63) is 47.0 Å². The molecule has 0 spiro atoms. The number of hydrogen-bond acceptors (Lipinski definition) is 6. The number of rotatable bonds is 5. The van der Waals surface area contributed by atoms with E-state index in [1.54, 1.807) is 41.2 Å². The van der Waals surface area contributed by atoms with Crippen molar-refractivity contribution in [2.75, 3.05) is 21.3 Å². The standard InChI is InChI=1S/C20H22O6/c1-20(2)25-17-11-14(22-3)10-13(18(17)19(21)26-20)8-12-6-7-15(23-4)16(9-12)24-5/h6-7,9-11H,8H2,1-5H3. The fraction of sp³-hybridized carbons (Fsp3) is 0.350. The first kappa shape index (κ1) is 17.9. The highest BCUT2D eigenvalue weighted by Gasteiger charge is 2.36. The smallest absolute Gasteiger partial charge is 0.345 e. The molecule has 0 aromatic heterocycles. The number of methoxy groups -OCH3 is 3. The van der Waals surface area contributed by atoms with Crippen LogP contribution in [-0.4, -0.2) is 33.1 Å².